The topological polar surface area (TPSA) is 86.5 Å². The molecule has 7 nitrogen and oxygen atoms in total. The molecule has 0 unspecified atom stereocenters. The molecule has 0 radical (unpaired) electrons. The zero-order valence-electron chi connectivity index (χ0n) is 13.5. The summed E-state index contributed by atoms with van der Waals surface area (Å²) in [6.07, 6.45) is 3.59. The molecule has 0 spiro atoms. The van der Waals surface area contributed by atoms with Gasteiger partial charge in [-0.1, -0.05) is 12.1 Å². The van der Waals surface area contributed by atoms with Gasteiger partial charge < -0.3 is 30.5 Å². The number of quaternary nitrogens is 2. The normalized spacial score (nSPS) is 19.7. The average molecular weight is 380 g/mol. The number of para-hydroxylation sites is 1. The van der Waals surface area contributed by atoms with Gasteiger partial charge in [0, 0.05) is 17.8 Å². The van der Waals surface area contributed by atoms with E-state index in [1.54, 1.807) is 12.4 Å². The number of fused-ring (bicyclic) bond motifs is 1. The predicted octanol–water partition coefficient (Wildman–Crippen LogP) is -7.24. The van der Waals surface area contributed by atoms with Gasteiger partial charge in [-0.15, -0.1) is 0 Å². The summed E-state index contributed by atoms with van der Waals surface area (Å²) in [4.78, 5) is 20.5. The van der Waals surface area contributed by atoms with Gasteiger partial charge >= 0.3 is 11.9 Å². The fraction of sp³-hybridized carbons (Fsp3) is 0.250. The quantitative estimate of drug-likeness (QED) is 0.412. The van der Waals surface area contributed by atoms with Crippen LogP contribution in [-0.2, 0) is 0 Å². The number of benzene rings is 1. The molecule has 0 bridgehead atoms. The number of nitrogens with one attached hydrogen (secondary N) is 2. The standard InChI is InChI=1S/C16H17N7.2ClH/c17-14-12-4-1-2-5-13(12)20-16(21-14)23-10-8-22(9-11-23)15-18-6-3-7-19-15;;/h1-7H,8-11H2,(H2,17,20,21);2*1H. The maximum atomic E-state index is 6.09. The molecule has 0 amide bonds. The van der Waals surface area contributed by atoms with E-state index in [4.69, 9.17) is 5.73 Å². The van der Waals surface area contributed by atoms with Crippen LogP contribution in [0.25, 0.3) is 10.9 Å². The van der Waals surface area contributed by atoms with E-state index in [1.165, 1.54) is 9.80 Å². The largest absolute Gasteiger partial charge is 1.00 e. The Morgan fingerprint density at radius 2 is 1.36 bits per heavy atom. The fourth-order valence-corrected chi connectivity index (χ4v) is 3.04. The lowest BCUT2D eigenvalue weighted by Gasteiger charge is -2.26. The van der Waals surface area contributed by atoms with Crippen molar-refractivity contribution in [2.45, 2.75) is 0 Å². The minimum atomic E-state index is 0. The van der Waals surface area contributed by atoms with Crippen molar-refractivity contribution in [2.24, 2.45) is 0 Å². The van der Waals surface area contributed by atoms with Crippen LogP contribution in [0.2, 0.25) is 0 Å². The summed E-state index contributed by atoms with van der Waals surface area (Å²) in [7, 11) is 0. The van der Waals surface area contributed by atoms with Crippen LogP contribution in [0.4, 0.5) is 17.7 Å². The number of anilines is 1. The SMILES string of the molecule is Nc1nc([NH+]2CC[NH+](c3ncccn3)CC2)nc2ccccc12.[Cl-].[Cl-]. The van der Waals surface area contributed by atoms with Crippen molar-refractivity contribution in [3.05, 3.63) is 42.7 Å². The van der Waals surface area contributed by atoms with Crippen LogP contribution in [0.3, 0.4) is 0 Å². The van der Waals surface area contributed by atoms with Crippen molar-refractivity contribution in [2.75, 3.05) is 31.9 Å². The molecule has 1 aromatic carbocycles. The minimum Gasteiger partial charge on any atom is -1.00 e. The number of nitrogen functional groups attached to an aromatic ring is 1. The smallest absolute Gasteiger partial charge is 0.330 e. The molecule has 1 aliphatic heterocycles. The second-order valence-electron chi connectivity index (χ2n) is 5.73. The van der Waals surface area contributed by atoms with Crippen molar-refractivity contribution >= 4 is 28.6 Å². The number of nitrogens with zero attached hydrogens (tertiary/aromatic N) is 4. The highest BCUT2D eigenvalue weighted by Gasteiger charge is 2.29. The number of hydrogen-bond donors (Lipinski definition) is 3. The van der Waals surface area contributed by atoms with E-state index < -0.39 is 0 Å². The maximum absolute atomic E-state index is 6.09. The highest BCUT2D eigenvalue weighted by molar-refractivity contribution is 5.88. The van der Waals surface area contributed by atoms with Gasteiger partial charge in [-0.25, -0.2) is 0 Å². The second kappa shape index (κ2) is 8.35. The number of halogens is 2. The summed E-state index contributed by atoms with van der Waals surface area (Å²) in [5.74, 6) is 2.21. The Bertz CT molecular complexity index is 823. The summed E-state index contributed by atoms with van der Waals surface area (Å²) < 4.78 is 0. The Hall–Kier alpha value is -2.06. The Kier molecular flexibility index (Phi) is 6.44. The molecular weight excluding hydrogens is 361 g/mol. The van der Waals surface area contributed by atoms with E-state index in [-0.39, 0.29) is 24.8 Å². The van der Waals surface area contributed by atoms with Gasteiger partial charge in [-0.3, -0.25) is 9.80 Å². The molecule has 1 aliphatic rings. The molecule has 0 saturated carbocycles. The first kappa shape index (κ1) is 19.3. The zero-order chi connectivity index (χ0) is 15.6. The van der Waals surface area contributed by atoms with Gasteiger partial charge in [0.15, 0.2) is 0 Å². The van der Waals surface area contributed by atoms with Gasteiger partial charge in [0.2, 0.25) is 0 Å². The first-order valence-electron chi connectivity index (χ1n) is 7.80. The van der Waals surface area contributed by atoms with E-state index in [0.29, 0.717) is 5.82 Å². The number of rotatable bonds is 2. The molecule has 4 N–H and O–H groups in total. The van der Waals surface area contributed by atoms with E-state index in [1.807, 2.05) is 30.3 Å². The van der Waals surface area contributed by atoms with Crippen molar-refractivity contribution < 1.29 is 34.6 Å². The van der Waals surface area contributed by atoms with Gasteiger partial charge in [0.05, 0.1) is 5.52 Å². The third kappa shape index (κ3) is 3.96. The Balaban J connectivity index is 0.00000113. The van der Waals surface area contributed by atoms with Crippen molar-refractivity contribution in [1.82, 2.24) is 19.9 Å². The maximum Gasteiger partial charge on any atom is 0.330 e. The third-order valence-electron chi connectivity index (χ3n) is 4.29. The van der Waals surface area contributed by atoms with Gasteiger partial charge in [0.25, 0.3) is 0 Å². The fourth-order valence-electron chi connectivity index (χ4n) is 3.04. The molecule has 0 atom stereocenters. The van der Waals surface area contributed by atoms with Crippen LogP contribution in [0, 0.1) is 0 Å². The van der Waals surface area contributed by atoms with E-state index >= 15 is 0 Å². The number of aromatic nitrogens is 4. The lowest BCUT2D eigenvalue weighted by atomic mass is 10.2. The Morgan fingerprint density at radius 1 is 0.760 bits per heavy atom. The Labute approximate surface area is 158 Å². The third-order valence-corrected chi connectivity index (χ3v) is 4.29. The number of hydrogen-bond acceptors (Lipinski definition) is 5. The number of piperazine rings is 1. The molecule has 3 heterocycles. The van der Waals surface area contributed by atoms with E-state index in [0.717, 1.165) is 49.0 Å². The van der Waals surface area contributed by atoms with Crippen LogP contribution in [-0.4, -0.2) is 46.1 Å². The lowest BCUT2D eigenvalue weighted by molar-refractivity contribution is -0.956. The molecule has 25 heavy (non-hydrogen) atoms. The Morgan fingerprint density at radius 3 is 2.04 bits per heavy atom. The van der Waals surface area contributed by atoms with Crippen LogP contribution in [0.1, 0.15) is 0 Å². The van der Waals surface area contributed by atoms with Crippen LogP contribution in [0.15, 0.2) is 42.7 Å². The molecule has 1 saturated heterocycles. The van der Waals surface area contributed by atoms with Crippen molar-refractivity contribution in [3.63, 3.8) is 0 Å². The lowest BCUT2D eigenvalue weighted by Crippen LogP contribution is -3.24. The molecule has 3 aromatic rings. The first-order chi connectivity index (χ1) is 11.3. The summed E-state index contributed by atoms with van der Waals surface area (Å²) in [5.41, 5.74) is 7.00. The molecule has 4 rings (SSSR count). The highest BCUT2D eigenvalue weighted by atomic mass is 35.5. The first-order valence-corrected chi connectivity index (χ1v) is 7.80. The molecule has 132 valence electrons. The van der Waals surface area contributed by atoms with Gasteiger partial charge in [0.1, 0.15) is 32.0 Å². The summed E-state index contributed by atoms with van der Waals surface area (Å²) in [6.45, 7) is 3.78. The molecule has 0 aliphatic carbocycles. The molecular formula is C16H19Cl2N7. The van der Waals surface area contributed by atoms with Gasteiger partial charge in [-0.2, -0.15) is 19.9 Å². The number of nitrogens with two attached hydrogens (primary N) is 1. The summed E-state index contributed by atoms with van der Waals surface area (Å²) in [6, 6.07) is 9.71. The highest BCUT2D eigenvalue weighted by Crippen LogP contribution is 2.17. The monoisotopic (exact) mass is 379 g/mol. The minimum absolute atomic E-state index is 0. The zero-order valence-corrected chi connectivity index (χ0v) is 15.0. The second-order valence-corrected chi connectivity index (χ2v) is 5.73. The predicted molar refractivity (Wildman–Crippen MR) is 86.7 cm³/mol. The molecule has 1 fully saturated rings. The van der Waals surface area contributed by atoms with Crippen LogP contribution in [0.5, 0.6) is 0 Å². The van der Waals surface area contributed by atoms with Crippen LogP contribution < -0.4 is 40.3 Å². The average Bonchev–Trinajstić information content (AvgIpc) is 2.63. The van der Waals surface area contributed by atoms with Crippen molar-refractivity contribution in [3.8, 4) is 0 Å². The van der Waals surface area contributed by atoms with Crippen LogP contribution >= 0.6 is 0 Å². The van der Waals surface area contributed by atoms with E-state index in [9.17, 15) is 0 Å². The van der Waals surface area contributed by atoms with Crippen molar-refractivity contribution in [1.29, 1.82) is 0 Å². The summed E-state index contributed by atoms with van der Waals surface area (Å²) >= 11 is 0. The summed E-state index contributed by atoms with van der Waals surface area (Å²) in [5, 5.41) is 0.914. The molecule has 2 aromatic heterocycles. The van der Waals surface area contributed by atoms with Gasteiger partial charge in [-0.05, 0) is 18.2 Å². The molecule has 9 heteroatoms. The van der Waals surface area contributed by atoms with E-state index in [2.05, 4.69) is 19.9 Å².